The van der Waals surface area contributed by atoms with E-state index in [9.17, 15) is 13.2 Å². The average Bonchev–Trinajstić information content (AvgIpc) is 3.07. The van der Waals surface area contributed by atoms with Gasteiger partial charge < -0.3 is 15.1 Å². The van der Waals surface area contributed by atoms with Gasteiger partial charge in [0.05, 0.1) is 16.3 Å². The van der Waals surface area contributed by atoms with Crippen LogP contribution in [0.1, 0.15) is 52.7 Å². The van der Waals surface area contributed by atoms with Crippen LogP contribution in [0.15, 0.2) is 35.2 Å². The fourth-order valence-corrected chi connectivity index (χ4v) is 6.70. The summed E-state index contributed by atoms with van der Waals surface area (Å²) < 4.78 is 30.0. The molecule has 2 heterocycles. The molecule has 2 aromatic carbocycles. The first-order valence-electron chi connectivity index (χ1n) is 12.3. The van der Waals surface area contributed by atoms with Gasteiger partial charge in [-0.05, 0) is 62.9 Å². The molecule has 1 amide bonds. The molecule has 2 aromatic rings. The summed E-state index contributed by atoms with van der Waals surface area (Å²) in [5.41, 5.74) is 4.24. The van der Waals surface area contributed by atoms with Gasteiger partial charge in [-0.3, -0.25) is 9.52 Å². The lowest BCUT2D eigenvalue weighted by molar-refractivity contribution is 0.0761. The van der Waals surface area contributed by atoms with Crippen molar-refractivity contribution in [2.24, 2.45) is 0 Å². The van der Waals surface area contributed by atoms with Crippen LogP contribution in [-0.2, 0) is 10.0 Å². The molecule has 2 aliphatic heterocycles. The molecule has 7 nitrogen and oxygen atoms in total. The summed E-state index contributed by atoms with van der Waals surface area (Å²) in [6.07, 6.45) is 4.31. The van der Waals surface area contributed by atoms with Crippen LogP contribution in [0.2, 0.25) is 0 Å². The SMILES string of the molecule is Cc1cc(C)c(S(=O)(=O)Nc2cc(C(=O)N3CCCCCC3)ccc2N2CCNCC2)c(C)c1. The number of aryl methyl sites for hydroxylation is 3. The number of nitrogens with one attached hydrogen (secondary N) is 2. The molecule has 8 heteroatoms. The number of nitrogens with zero attached hydrogens (tertiary/aromatic N) is 2. The second-order valence-corrected chi connectivity index (χ2v) is 11.1. The zero-order valence-corrected chi connectivity index (χ0v) is 21.3. The van der Waals surface area contributed by atoms with Crippen molar-refractivity contribution in [1.82, 2.24) is 10.2 Å². The van der Waals surface area contributed by atoms with Crippen molar-refractivity contribution in [2.75, 3.05) is 48.9 Å². The van der Waals surface area contributed by atoms with Crippen molar-refractivity contribution in [3.05, 3.63) is 52.6 Å². The summed E-state index contributed by atoms with van der Waals surface area (Å²) in [6.45, 7) is 10.3. The number of likely N-dealkylation sites (tertiary alicyclic amines) is 1. The van der Waals surface area contributed by atoms with E-state index in [4.69, 9.17) is 0 Å². The zero-order valence-electron chi connectivity index (χ0n) is 20.5. The quantitative estimate of drug-likeness (QED) is 0.674. The minimum absolute atomic E-state index is 0.0306. The molecule has 0 atom stereocenters. The second kappa shape index (κ2) is 10.4. The van der Waals surface area contributed by atoms with Crippen molar-refractivity contribution >= 4 is 27.3 Å². The van der Waals surface area contributed by atoms with Crippen LogP contribution in [0.4, 0.5) is 11.4 Å². The number of carbonyl (C=O) groups is 1. The third kappa shape index (κ3) is 5.39. The predicted molar refractivity (Wildman–Crippen MR) is 137 cm³/mol. The normalized spacial score (nSPS) is 17.4. The maximum absolute atomic E-state index is 13.6. The van der Waals surface area contributed by atoms with Crippen molar-refractivity contribution in [1.29, 1.82) is 0 Å². The maximum atomic E-state index is 13.6. The number of amides is 1. The van der Waals surface area contributed by atoms with Crippen LogP contribution in [0.25, 0.3) is 0 Å². The molecule has 0 aromatic heterocycles. The topological polar surface area (TPSA) is 81.8 Å². The Kier molecular flexibility index (Phi) is 7.48. The van der Waals surface area contributed by atoms with Gasteiger partial charge >= 0.3 is 0 Å². The fourth-order valence-electron chi connectivity index (χ4n) is 5.18. The van der Waals surface area contributed by atoms with E-state index in [-0.39, 0.29) is 5.91 Å². The van der Waals surface area contributed by atoms with Crippen LogP contribution in [0.5, 0.6) is 0 Å². The molecular formula is C26H36N4O3S. The summed E-state index contributed by atoms with van der Waals surface area (Å²) in [7, 11) is -3.84. The lowest BCUT2D eigenvalue weighted by Crippen LogP contribution is -2.43. The Balaban J connectivity index is 1.72. The largest absolute Gasteiger partial charge is 0.367 e. The minimum Gasteiger partial charge on any atom is -0.367 e. The Morgan fingerprint density at radius 2 is 1.50 bits per heavy atom. The number of benzene rings is 2. The maximum Gasteiger partial charge on any atom is 0.262 e. The number of carbonyl (C=O) groups excluding carboxylic acids is 1. The first-order chi connectivity index (χ1) is 16.3. The molecule has 2 fully saturated rings. The number of hydrogen-bond donors (Lipinski definition) is 2. The average molecular weight is 485 g/mol. The Morgan fingerprint density at radius 3 is 2.12 bits per heavy atom. The molecular weight excluding hydrogens is 448 g/mol. The van der Waals surface area contributed by atoms with Gasteiger partial charge in [0, 0.05) is 44.8 Å². The fraction of sp³-hybridized carbons (Fsp3) is 0.500. The smallest absolute Gasteiger partial charge is 0.262 e. The van der Waals surface area contributed by atoms with Gasteiger partial charge in [-0.1, -0.05) is 30.5 Å². The molecule has 34 heavy (non-hydrogen) atoms. The number of hydrogen-bond acceptors (Lipinski definition) is 5. The molecule has 0 saturated carbocycles. The van der Waals surface area contributed by atoms with Gasteiger partial charge in [0.15, 0.2) is 0 Å². The van der Waals surface area contributed by atoms with Crippen LogP contribution in [0, 0.1) is 20.8 Å². The summed E-state index contributed by atoms with van der Waals surface area (Å²) in [5, 5.41) is 3.34. The van der Waals surface area contributed by atoms with E-state index in [1.165, 1.54) is 0 Å². The monoisotopic (exact) mass is 484 g/mol. The highest BCUT2D eigenvalue weighted by Gasteiger charge is 2.25. The highest BCUT2D eigenvalue weighted by atomic mass is 32.2. The Labute approximate surface area is 203 Å². The highest BCUT2D eigenvalue weighted by molar-refractivity contribution is 7.92. The van der Waals surface area contributed by atoms with Crippen LogP contribution in [0.3, 0.4) is 0 Å². The molecule has 0 aliphatic carbocycles. The summed E-state index contributed by atoms with van der Waals surface area (Å²) >= 11 is 0. The van der Waals surface area contributed by atoms with Gasteiger partial charge in [-0.2, -0.15) is 0 Å². The van der Waals surface area contributed by atoms with E-state index in [0.29, 0.717) is 27.3 Å². The van der Waals surface area contributed by atoms with Crippen molar-refractivity contribution in [2.45, 2.75) is 51.3 Å². The van der Waals surface area contributed by atoms with Gasteiger partial charge in [-0.25, -0.2) is 8.42 Å². The third-order valence-corrected chi connectivity index (χ3v) is 8.38. The van der Waals surface area contributed by atoms with Gasteiger partial charge in [0.1, 0.15) is 0 Å². The summed E-state index contributed by atoms with van der Waals surface area (Å²) in [4.78, 5) is 17.7. The van der Waals surface area contributed by atoms with Crippen molar-refractivity contribution in [3.63, 3.8) is 0 Å². The highest BCUT2D eigenvalue weighted by Crippen LogP contribution is 2.32. The third-order valence-electron chi connectivity index (χ3n) is 6.71. The summed E-state index contributed by atoms with van der Waals surface area (Å²) in [6, 6.07) is 9.23. The molecule has 2 saturated heterocycles. The summed E-state index contributed by atoms with van der Waals surface area (Å²) in [5.74, 6) is -0.0306. The van der Waals surface area contributed by atoms with E-state index in [1.807, 2.05) is 49.9 Å². The Morgan fingerprint density at radius 1 is 0.882 bits per heavy atom. The molecule has 0 radical (unpaired) electrons. The van der Waals surface area contributed by atoms with Gasteiger partial charge in [0.25, 0.3) is 15.9 Å². The van der Waals surface area contributed by atoms with E-state index < -0.39 is 10.0 Å². The zero-order chi connectivity index (χ0) is 24.3. The number of rotatable bonds is 5. The molecule has 184 valence electrons. The molecule has 2 N–H and O–H groups in total. The van der Waals surface area contributed by atoms with Crippen LogP contribution in [-0.4, -0.2) is 58.5 Å². The predicted octanol–water partition coefficient (Wildman–Crippen LogP) is 3.84. The molecule has 0 unspecified atom stereocenters. The van der Waals surface area contributed by atoms with E-state index in [1.54, 1.807) is 6.07 Å². The van der Waals surface area contributed by atoms with Crippen molar-refractivity contribution in [3.8, 4) is 0 Å². The second-order valence-electron chi connectivity index (χ2n) is 9.51. The van der Waals surface area contributed by atoms with E-state index >= 15 is 0 Å². The minimum atomic E-state index is -3.84. The van der Waals surface area contributed by atoms with E-state index in [0.717, 1.165) is 76.2 Å². The lowest BCUT2D eigenvalue weighted by atomic mass is 10.1. The molecule has 2 aliphatic rings. The van der Waals surface area contributed by atoms with Gasteiger partial charge in [-0.15, -0.1) is 0 Å². The molecule has 0 spiro atoms. The van der Waals surface area contributed by atoms with Crippen molar-refractivity contribution < 1.29 is 13.2 Å². The number of sulfonamides is 1. The first-order valence-corrected chi connectivity index (χ1v) is 13.7. The van der Waals surface area contributed by atoms with E-state index in [2.05, 4.69) is 14.9 Å². The number of anilines is 2. The lowest BCUT2D eigenvalue weighted by Gasteiger charge is -2.31. The Bertz CT molecular complexity index is 1130. The number of piperazine rings is 1. The van der Waals surface area contributed by atoms with Crippen LogP contribution >= 0.6 is 0 Å². The Hall–Kier alpha value is -2.58. The standard InChI is InChI=1S/C26H36N4O3S/c1-19-16-20(2)25(21(3)17-19)34(32,33)28-23-18-22(26(31)30-12-6-4-5-7-13-30)8-9-24(23)29-14-10-27-11-15-29/h8-9,16-18,27-28H,4-7,10-15H2,1-3H3. The van der Waals surface area contributed by atoms with Gasteiger partial charge in [0.2, 0.25) is 0 Å². The first kappa shape index (κ1) is 24.5. The molecule has 4 rings (SSSR count). The van der Waals surface area contributed by atoms with Crippen LogP contribution < -0.4 is 14.9 Å². The molecule has 0 bridgehead atoms.